The van der Waals surface area contributed by atoms with E-state index in [4.69, 9.17) is 14.6 Å². The molecule has 9 heteroatoms. The second kappa shape index (κ2) is 13.0. The van der Waals surface area contributed by atoms with Crippen LogP contribution < -0.4 is 14.8 Å². The predicted molar refractivity (Wildman–Crippen MR) is 88.9 cm³/mol. The Morgan fingerprint density at radius 1 is 1.08 bits per heavy atom. The van der Waals surface area contributed by atoms with Crippen LogP contribution >= 0.6 is 0 Å². The van der Waals surface area contributed by atoms with E-state index < -0.39 is 11.1 Å². The molecule has 1 aromatic carbocycles. The highest BCUT2D eigenvalue weighted by Crippen LogP contribution is 2.18. The van der Waals surface area contributed by atoms with Gasteiger partial charge in [0.15, 0.2) is 0 Å². The molecule has 1 aromatic rings. The molecule has 0 amide bonds. The minimum atomic E-state index is -0.894. The minimum absolute atomic E-state index is 0.0371. The number of esters is 1. The number of aliphatic hydroxyl groups excluding tert-OH is 1. The smallest absolute Gasteiger partial charge is 0.311 e. The van der Waals surface area contributed by atoms with Gasteiger partial charge in [-0.05, 0) is 56.6 Å². The maximum atomic E-state index is 11.6. The summed E-state index contributed by atoms with van der Waals surface area (Å²) in [5.41, 5.74) is 0. The van der Waals surface area contributed by atoms with Gasteiger partial charge < -0.3 is 24.7 Å². The third-order valence-corrected chi connectivity index (χ3v) is 3.06. The first-order valence-corrected chi connectivity index (χ1v) is 8.14. The normalized spacial score (nSPS) is 10.3. The molecule has 0 aliphatic carbocycles. The summed E-state index contributed by atoms with van der Waals surface area (Å²) in [7, 11) is 0. The number of hydrogen-bond donors (Lipinski definition) is 2. The van der Waals surface area contributed by atoms with Crippen molar-refractivity contribution in [2.45, 2.75) is 25.7 Å². The van der Waals surface area contributed by atoms with E-state index in [2.05, 4.69) is 10.2 Å². The van der Waals surface area contributed by atoms with Crippen molar-refractivity contribution in [2.75, 3.05) is 32.9 Å². The lowest BCUT2D eigenvalue weighted by molar-refractivity contribution is -0.757. The molecule has 2 N–H and O–H groups in total. The van der Waals surface area contributed by atoms with Crippen LogP contribution in [0.3, 0.4) is 0 Å². The molecule has 0 spiro atoms. The molecule has 25 heavy (non-hydrogen) atoms. The molecule has 0 atom stereocenters. The summed E-state index contributed by atoms with van der Waals surface area (Å²) >= 11 is 0. The van der Waals surface area contributed by atoms with Crippen LogP contribution in [0.4, 0.5) is 0 Å². The lowest BCUT2D eigenvalue weighted by atomic mass is 10.3. The summed E-state index contributed by atoms with van der Waals surface area (Å²) < 4.78 is 10.7. The number of carbonyl (C=O) groups excluding carboxylic acids is 1. The van der Waals surface area contributed by atoms with Crippen LogP contribution in [0.1, 0.15) is 25.7 Å². The average Bonchev–Trinajstić information content (AvgIpc) is 2.59. The zero-order valence-corrected chi connectivity index (χ0v) is 14.0. The third kappa shape index (κ3) is 10.9. The highest BCUT2D eigenvalue weighted by Gasteiger charge is 2.06. The van der Waals surface area contributed by atoms with E-state index in [0.29, 0.717) is 18.1 Å². The van der Waals surface area contributed by atoms with Crippen LogP contribution in [0.25, 0.3) is 0 Å². The van der Waals surface area contributed by atoms with Crippen molar-refractivity contribution in [3.63, 3.8) is 0 Å². The first-order chi connectivity index (χ1) is 12.1. The molecule has 0 saturated carbocycles. The maximum Gasteiger partial charge on any atom is 0.311 e. The Labute approximate surface area is 146 Å². The summed E-state index contributed by atoms with van der Waals surface area (Å²) in [5, 5.41) is 20.9. The number of hydrogen-bond acceptors (Lipinski definition) is 8. The fraction of sp³-hybridized carbons (Fsp3) is 0.562. The second-order valence-corrected chi connectivity index (χ2v) is 5.14. The van der Waals surface area contributed by atoms with Crippen LogP contribution in [0.5, 0.6) is 11.5 Å². The van der Waals surface area contributed by atoms with Gasteiger partial charge in [0, 0.05) is 13.0 Å². The van der Waals surface area contributed by atoms with Gasteiger partial charge in [-0.3, -0.25) is 4.79 Å². The molecule has 0 heterocycles. The number of rotatable bonds is 14. The highest BCUT2D eigenvalue weighted by atomic mass is 16.9. The van der Waals surface area contributed by atoms with E-state index in [1.54, 1.807) is 24.3 Å². The lowest BCUT2D eigenvalue weighted by Crippen LogP contribution is -2.19. The number of ether oxygens (including phenoxy) is 2. The van der Waals surface area contributed by atoms with Gasteiger partial charge in [-0.2, -0.15) is 0 Å². The third-order valence-electron chi connectivity index (χ3n) is 3.06. The zero-order valence-electron chi connectivity index (χ0n) is 14.0. The monoisotopic (exact) mass is 356 g/mol. The van der Waals surface area contributed by atoms with Crippen LogP contribution in [0.2, 0.25) is 0 Å². The van der Waals surface area contributed by atoms with Crippen LogP contribution in [0, 0.1) is 10.1 Å². The Kier molecular flexibility index (Phi) is 10.7. The molecule has 0 aliphatic heterocycles. The van der Waals surface area contributed by atoms with Crippen molar-refractivity contribution in [1.29, 1.82) is 0 Å². The Morgan fingerprint density at radius 2 is 1.76 bits per heavy atom. The fourth-order valence-electron chi connectivity index (χ4n) is 1.86. The maximum absolute atomic E-state index is 11.6. The van der Waals surface area contributed by atoms with Crippen molar-refractivity contribution in [3.8, 4) is 11.5 Å². The number of nitrogens with one attached hydrogen (secondary N) is 1. The summed E-state index contributed by atoms with van der Waals surface area (Å²) in [4.78, 5) is 25.6. The number of nitrogens with zero attached hydrogens (tertiary/aromatic N) is 1. The summed E-state index contributed by atoms with van der Waals surface area (Å²) in [5.74, 6) is 0.585. The van der Waals surface area contributed by atoms with Crippen LogP contribution in [-0.2, 0) is 9.63 Å². The predicted octanol–water partition coefficient (Wildman–Crippen LogP) is 1.32. The van der Waals surface area contributed by atoms with Gasteiger partial charge >= 0.3 is 5.97 Å². The SMILES string of the molecule is O=C(CCCO[N+](=O)[O-])Oc1ccc(OCCCNCCCO)cc1. The molecular weight excluding hydrogens is 332 g/mol. The van der Waals surface area contributed by atoms with Gasteiger partial charge in [0.05, 0.1) is 13.2 Å². The molecule has 1 rings (SSSR count). The lowest BCUT2D eigenvalue weighted by Gasteiger charge is -2.08. The standard InChI is InChI=1S/C16H24N2O7/c19-11-2-9-17-10-3-12-23-14-5-7-15(8-6-14)25-16(20)4-1-13-24-18(21)22/h5-8,17,19H,1-4,9-13H2. The Hall–Kier alpha value is -2.39. The van der Waals surface area contributed by atoms with Gasteiger partial charge in [-0.1, -0.05) is 0 Å². The topological polar surface area (TPSA) is 120 Å². The number of benzene rings is 1. The second-order valence-electron chi connectivity index (χ2n) is 5.14. The molecule has 0 bridgehead atoms. The molecular formula is C16H24N2O7. The van der Waals surface area contributed by atoms with Crippen molar-refractivity contribution in [2.24, 2.45) is 0 Å². The van der Waals surface area contributed by atoms with Crippen molar-refractivity contribution < 1.29 is 29.3 Å². The Morgan fingerprint density at radius 3 is 2.44 bits per heavy atom. The summed E-state index contributed by atoms with van der Waals surface area (Å²) in [6, 6.07) is 6.66. The molecule has 140 valence electrons. The molecule has 0 fully saturated rings. The molecule has 0 aromatic heterocycles. The zero-order chi connectivity index (χ0) is 18.3. The van der Waals surface area contributed by atoms with Crippen molar-refractivity contribution >= 4 is 5.97 Å². The van der Waals surface area contributed by atoms with Crippen LogP contribution in [0.15, 0.2) is 24.3 Å². The van der Waals surface area contributed by atoms with E-state index >= 15 is 0 Å². The molecule has 0 unspecified atom stereocenters. The van der Waals surface area contributed by atoms with Crippen LogP contribution in [-0.4, -0.2) is 49.1 Å². The first-order valence-electron chi connectivity index (χ1n) is 8.14. The number of aliphatic hydroxyl groups is 1. The van der Waals surface area contributed by atoms with Gasteiger partial charge in [-0.15, -0.1) is 10.1 Å². The minimum Gasteiger partial charge on any atom is -0.494 e. The first kappa shape index (κ1) is 20.7. The van der Waals surface area contributed by atoms with Crippen molar-refractivity contribution in [3.05, 3.63) is 34.4 Å². The fourth-order valence-corrected chi connectivity index (χ4v) is 1.86. The quantitative estimate of drug-likeness (QED) is 0.168. The molecule has 0 radical (unpaired) electrons. The molecule has 0 saturated heterocycles. The largest absolute Gasteiger partial charge is 0.494 e. The van der Waals surface area contributed by atoms with Gasteiger partial charge in [-0.25, -0.2) is 0 Å². The van der Waals surface area contributed by atoms with Crippen molar-refractivity contribution in [1.82, 2.24) is 5.32 Å². The summed E-state index contributed by atoms with van der Waals surface area (Å²) in [6.45, 7) is 2.21. The Bertz CT molecular complexity index is 508. The van der Waals surface area contributed by atoms with E-state index in [-0.39, 0.29) is 26.1 Å². The molecule has 0 aliphatic rings. The van der Waals surface area contributed by atoms with Gasteiger partial charge in [0.1, 0.15) is 11.5 Å². The van der Waals surface area contributed by atoms with E-state index in [1.807, 2.05) is 0 Å². The highest BCUT2D eigenvalue weighted by molar-refractivity contribution is 5.72. The molecule has 9 nitrogen and oxygen atoms in total. The van der Waals surface area contributed by atoms with E-state index in [0.717, 1.165) is 25.9 Å². The van der Waals surface area contributed by atoms with E-state index in [1.165, 1.54) is 0 Å². The number of carbonyl (C=O) groups is 1. The Balaban J connectivity index is 2.16. The van der Waals surface area contributed by atoms with Gasteiger partial charge in [0.25, 0.3) is 5.09 Å². The summed E-state index contributed by atoms with van der Waals surface area (Å²) in [6.07, 6.45) is 1.83. The van der Waals surface area contributed by atoms with Gasteiger partial charge in [0.2, 0.25) is 0 Å². The average molecular weight is 356 g/mol. The van der Waals surface area contributed by atoms with E-state index in [9.17, 15) is 14.9 Å².